The number of benzene rings is 6. The van der Waals surface area contributed by atoms with E-state index in [0.29, 0.717) is 10.0 Å². The van der Waals surface area contributed by atoms with Crippen molar-refractivity contribution in [2.75, 3.05) is 9.80 Å². The SMILES string of the molecule is Clc1cccc(N(c2cccc(N(c3ccccc3)c3ccccc3)c2)c2ccc3oc4ccccc4c3c2)c1Cl. The van der Waals surface area contributed by atoms with Crippen LogP contribution in [0.4, 0.5) is 34.1 Å². The van der Waals surface area contributed by atoms with E-state index in [2.05, 4.69) is 101 Å². The molecule has 0 radical (unpaired) electrons. The Balaban J connectivity index is 1.44. The van der Waals surface area contributed by atoms with Gasteiger partial charge < -0.3 is 14.2 Å². The topological polar surface area (TPSA) is 19.6 Å². The standard InChI is InChI=1S/C36H24Cl2N2O/c37-32-18-10-19-33(36(32)38)40(29-21-22-35-31(24-29)30-17-7-8-20-34(30)41-35)28-16-9-15-27(23-28)39(25-11-3-1-4-12-25)26-13-5-2-6-14-26/h1-24H. The van der Waals surface area contributed by atoms with Crippen LogP contribution in [-0.4, -0.2) is 0 Å². The molecule has 198 valence electrons. The van der Waals surface area contributed by atoms with Crippen LogP contribution < -0.4 is 9.80 Å². The molecule has 0 N–H and O–H groups in total. The van der Waals surface area contributed by atoms with E-state index < -0.39 is 0 Å². The molecular formula is C36H24Cl2N2O. The molecule has 1 aromatic heterocycles. The van der Waals surface area contributed by atoms with Crippen molar-refractivity contribution in [2.45, 2.75) is 0 Å². The fraction of sp³-hybridized carbons (Fsp3) is 0. The lowest BCUT2D eigenvalue weighted by Crippen LogP contribution is -2.13. The third-order valence-corrected chi connectivity index (χ3v) is 7.97. The molecule has 7 aromatic rings. The number of furan rings is 1. The Morgan fingerprint density at radius 3 is 1.71 bits per heavy atom. The molecule has 0 aliphatic carbocycles. The molecule has 6 aromatic carbocycles. The first-order chi connectivity index (χ1) is 20.2. The minimum atomic E-state index is 0.486. The fourth-order valence-corrected chi connectivity index (χ4v) is 5.70. The number of hydrogen-bond acceptors (Lipinski definition) is 3. The molecule has 0 atom stereocenters. The van der Waals surface area contributed by atoms with Crippen molar-refractivity contribution < 1.29 is 4.42 Å². The van der Waals surface area contributed by atoms with Crippen molar-refractivity contribution in [3.8, 4) is 0 Å². The molecule has 5 heteroatoms. The zero-order chi connectivity index (χ0) is 27.8. The highest BCUT2D eigenvalue weighted by molar-refractivity contribution is 6.44. The molecule has 0 spiro atoms. The van der Waals surface area contributed by atoms with Gasteiger partial charge in [-0.3, -0.25) is 0 Å². The quantitative estimate of drug-likeness (QED) is 0.198. The highest BCUT2D eigenvalue weighted by Gasteiger charge is 2.20. The van der Waals surface area contributed by atoms with E-state index in [1.807, 2.05) is 48.5 Å². The third kappa shape index (κ3) is 4.70. The van der Waals surface area contributed by atoms with Crippen LogP contribution in [0.3, 0.4) is 0 Å². The maximum Gasteiger partial charge on any atom is 0.135 e. The van der Waals surface area contributed by atoms with E-state index in [0.717, 1.165) is 56.1 Å². The van der Waals surface area contributed by atoms with Crippen molar-refractivity contribution in [2.24, 2.45) is 0 Å². The summed E-state index contributed by atoms with van der Waals surface area (Å²) in [6.45, 7) is 0. The smallest absolute Gasteiger partial charge is 0.135 e. The molecule has 3 nitrogen and oxygen atoms in total. The van der Waals surface area contributed by atoms with Gasteiger partial charge in [-0.2, -0.15) is 0 Å². The van der Waals surface area contributed by atoms with Gasteiger partial charge in [0, 0.05) is 39.2 Å². The van der Waals surface area contributed by atoms with Gasteiger partial charge in [0.1, 0.15) is 11.2 Å². The minimum Gasteiger partial charge on any atom is -0.456 e. The summed E-state index contributed by atoms with van der Waals surface area (Å²) < 4.78 is 6.12. The Kier molecular flexibility index (Phi) is 6.60. The molecule has 1 heterocycles. The molecule has 0 saturated heterocycles. The normalized spacial score (nSPS) is 11.2. The van der Waals surface area contributed by atoms with E-state index in [9.17, 15) is 0 Å². The van der Waals surface area contributed by atoms with Gasteiger partial charge in [-0.05, 0) is 78.9 Å². The number of rotatable bonds is 6. The van der Waals surface area contributed by atoms with Gasteiger partial charge in [0.05, 0.1) is 15.7 Å². The second-order valence-electron chi connectivity index (χ2n) is 9.71. The van der Waals surface area contributed by atoms with Crippen molar-refractivity contribution in [3.05, 3.63) is 156 Å². The lowest BCUT2D eigenvalue weighted by molar-refractivity contribution is 0.669. The van der Waals surface area contributed by atoms with E-state index >= 15 is 0 Å². The van der Waals surface area contributed by atoms with Gasteiger partial charge in [0.25, 0.3) is 0 Å². The summed E-state index contributed by atoms with van der Waals surface area (Å²) in [5.74, 6) is 0. The predicted molar refractivity (Wildman–Crippen MR) is 173 cm³/mol. The first-order valence-corrected chi connectivity index (χ1v) is 14.1. The Morgan fingerprint density at radius 1 is 0.415 bits per heavy atom. The average molecular weight is 572 g/mol. The minimum absolute atomic E-state index is 0.486. The van der Waals surface area contributed by atoms with Crippen LogP contribution in [0.2, 0.25) is 10.0 Å². The lowest BCUT2D eigenvalue weighted by atomic mass is 10.1. The lowest BCUT2D eigenvalue weighted by Gasteiger charge is -2.30. The molecule has 0 amide bonds. The predicted octanol–water partition coefficient (Wildman–Crippen LogP) is 11.8. The summed E-state index contributed by atoms with van der Waals surface area (Å²) in [7, 11) is 0. The van der Waals surface area contributed by atoms with Crippen LogP contribution in [0.25, 0.3) is 21.9 Å². The summed E-state index contributed by atoms with van der Waals surface area (Å²) in [4.78, 5) is 4.39. The zero-order valence-electron chi connectivity index (χ0n) is 21.9. The Hall–Kier alpha value is -4.70. The largest absolute Gasteiger partial charge is 0.456 e. The molecule has 0 bridgehead atoms. The highest BCUT2D eigenvalue weighted by atomic mass is 35.5. The van der Waals surface area contributed by atoms with Crippen LogP contribution in [0.5, 0.6) is 0 Å². The number of hydrogen-bond donors (Lipinski definition) is 0. The molecule has 41 heavy (non-hydrogen) atoms. The van der Waals surface area contributed by atoms with Crippen LogP contribution in [0.1, 0.15) is 0 Å². The number of fused-ring (bicyclic) bond motifs is 3. The Bertz CT molecular complexity index is 1950. The third-order valence-electron chi connectivity index (χ3n) is 7.17. The number of nitrogens with zero attached hydrogens (tertiary/aromatic N) is 2. The fourth-order valence-electron chi connectivity index (χ4n) is 5.32. The van der Waals surface area contributed by atoms with E-state index in [1.165, 1.54) is 0 Å². The Labute approximate surface area is 248 Å². The van der Waals surface area contributed by atoms with Crippen molar-refractivity contribution in [1.29, 1.82) is 0 Å². The summed E-state index contributed by atoms with van der Waals surface area (Å²) >= 11 is 13.4. The molecule has 0 aliphatic rings. The first-order valence-electron chi connectivity index (χ1n) is 13.3. The monoisotopic (exact) mass is 570 g/mol. The molecule has 0 fully saturated rings. The van der Waals surface area contributed by atoms with Gasteiger partial charge in [-0.15, -0.1) is 0 Å². The van der Waals surface area contributed by atoms with Gasteiger partial charge in [-0.1, -0.05) is 89.9 Å². The second-order valence-corrected chi connectivity index (χ2v) is 10.5. The molecule has 0 aliphatic heterocycles. The maximum atomic E-state index is 6.87. The molecule has 0 saturated carbocycles. The number of para-hydroxylation sites is 3. The second kappa shape index (κ2) is 10.7. The molecular weight excluding hydrogens is 547 g/mol. The summed E-state index contributed by atoms with van der Waals surface area (Å²) in [5.41, 5.74) is 7.50. The maximum absolute atomic E-state index is 6.87. The van der Waals surface area contributed by atoms with Crippen molar-refractivity contribution >= 4 is 79.3 Å². The number of anilines is 6. The molecule has 0 unspecified atom stereocenters. The van der Waals surface area contributed by atoms with Crippen LogP contribution in [0, 0.1) is 0 Å². The van der Waals surface area contributed by atoms with Gasteiger partial charge in [0.15, 0.2) is 0 Å². The van der Waals surface area contributed by atoms with Gasteiger partial charge in [-0.25, -0.2) is 0 Å². The van der Waals surface area contributed by atoms with Crippen molar-refractivity contribution in [1.82, 2.24) is 0 Å². The van der Waals surface area contributed by atoms with Crippen LogP contribution in [-0.2, 0) is 0 Å². The van der Waals surface area contributed by atoms with Crippen LogP contribution >= 0.6 is 23.2 Å². The summed E-state index contributed by atoms with van der Waals surface area (Å²) in [5, 5.41) is 3.08. The van der Waals surface area contributed by atoms with E-state index in [1.54, 1.807) is 6.07 Å². The zero-order valence-corrected chi connectivity index (χ0v) is 23.4. The van der Waals surface area contributed by atoms with Crippen molar-refractivity contribution in [3.63, 3.8) is 0 Å². The highest BCUT2D eigenvalue weighted by Crippen LogP contribution is 2.45. The number of halogens is 2. The average Bonchev–Trinajstić information content (AvgIpc) is 3.39. The van der Waals surface area contributed by atoms with Crippen LogP contribution in [0.15, 0.2) is 150 Å². The molecule has 7 rings (SSSR count). The van der Waals surface area contributed by atoms with E-state index in [4.69, 9.17) is 27.6 Å². The Morgan fingerprint density at radius 2 is 0.976 bits per heavy atom. The summed E-state index contributed by atoms with van der Waals surface area (Å²) in [6.07, 6.45) is 0. The first kappa shape index (κ1) is 25.3. The van der Waals surface area contributed by atoms with Gasteiger partial charge >= 0.3 is 0 Å². The van der Waals surface area contributed by atoms with E-state index in [-0.39, 0.29) is 0 Å². The van der Waals surface area contributed by atoms with Gasteiger partial charge in [0.2, 0.25) is 0 Å². The summed E-state index contributed by atoms with van der Waals surface area (Å²) in [6, 6.07) is 49.2.